The molecule has 4 saturated heterocycles. The molecule has 0 unspecified atom stereocenters. The number of aliphatic hydroxyl groups is 4. The van der Waals surface area contributed by atoms with Gasteiger partial charge in [0.25, 0.3) is 0 Å². The van der Waals surface area contributed by atoms with Crippen LogP contribution in [0.3, 0.4) is 0 Å². The highest BCUT2D eigenvalue weighted by Gasteiger charge is 2.35. The monoisotopic (exact) mass is 1850 g/mol. The van der Waals surface area contributed by atoms with Crippen LogP contribution in [0.5, 0.6) is 17.2 Å². The molecule has 12 atom stereocenters. The predicted octanol–water partition coefficient (Wildman–Crippen LogP) is 11.2. The van der Waals surface area contributed by atoms with Crippen LogP contribution in [-0.4, -0.2) is 236 Å². The van der Waals surface area contributed by atoms with E-state index in [9.17, 15) is 42.4 Å². The van der Waals surface area contributed by atoms with Crippen molar-refractivity contribution in [2.75, 3.05) is 116 Å². The Hall–Kier alpha value is -13.8. The number of aryl methyl sites for hydroxylation is 3. The molecule has 16 heterocycles. The molecule has 44 heteroatoms. The first kappa shape index (κ1) is 92.1. The number of nitrogens with two attached hydrogens (primary N) is 4. The minimum atomic E-state index is -0.786. The van der Waals surface area contributed by atoms with E-state index >= 15 is 0 Å². The SMILES string of the molecule is COc1cc(F)cc2c1nc(N)n1nc([C@@H]3CCCN(c4cn([C@@H](C)[C@H](C)O)nc4C)C3)nc21.COc1cc(F)cc2c1nc(N)n1nc([C@@H]3CCCN(c4cn([C@H](C)[C@@H](C)O)nc4C)C3)nc21.COc1cc2nc(N)n3nc([C@@H]4CCCN(c5cnn([C@H](C)[C@@H](C)O)c5)C4)nc3c2cc1F.Cc1nn([C@@H](C)[C@H](C)O)cc1N1CCC[C@@H](c2nc3c4cc(F)cc(F)c4nc(N)n3n2)C1. The van der Waals surface area contributed by atoms with Crippen LogP contribution >= 0.6 is 0 Å². The first-order chi connectivity index (χ1) is 64.1. The maximum Gasteiger partial charge on any atom is 0.223 e. The molecule has 0 spiro atoms. The maximum atomic E-state index is 14.4. The number of halogens is 5. The number of piperidine rings is 4. The number of nitrogen functional groups attached to an aromatic ring is 4. The third-order valence-corrected chi connectivity index (χ3v) is 26.3. The highest BCUT2D eigenvalue weighted by atomic mass is 19.1. The summed E-state index contributed by atoms with van der Waals surface area (Å²) in [6.07, 6.45) is 15.2. The number of hydrogen-bond acceptors (Lipinski definition) is 31. The van der Waals surface area contributed by atoms with Gasteiger partial charge in [-0.3, -0.25) is 18.7 Å². The number of anilines is 8. The van der Waals surface area contributed by atoms with E-state index in [2.05, 4.69) is 85.3 Å². The van der Waals surface area contributed by atoms with Crippen molar-refractivity contribution in [3.8, 4) is 17.2 Å². The van der Waals surface area contributed by atoms with Gasteiger partial charge in [0.15, 0.2) is 63.3 Å². The van der Waals surface area contributed by atoms with Gasteiger partial charge in [-0.25, -0.2) is 61.8 Å². The standard InChI is InChI=1S/2C23H29FN8O2.C22H26F2N8O.C22H27FN8O2/c2*1-12-18(11-31(28-12)13(2)14(3)33)30-7-5-6-15(10-30)21-27-22-17-8-16(24)9-19(34-4)20(17)26-23(25)32(22)29-21;1-11-18(10-31(28-11)12(2)13(3)33)30-6-4-5-14(9-30)20-27-21-16-7-15(23)8-17(24)19(16)26-22(25)32(21)29-20;1-12(13(2)32)30-11-15(9-25-30)29-6-4-5-14(10-29)20-27-21-16-7-17(23)19(33-3)8-18(16)26-22(24)31(21)28-20/h2*8-9,11,13-15,33H,5-7,10H2,1-4H3,(H2,25,26);7-8,10,12-14,33H,4-6,9H2,1-3H3,(H2,25,26);7-9,11-14,32H,4-6,10H2,1-3H3,(H2,24,26)/t13-,14-,15+;13-,14-,15-;12-,13-,14+;12-,13-,14-/m0101/s1. The Morgan fingerprint density at radius 2 is 0.672 bits per heavy atom. The third-order valence-electron chi connectivity index (χ3n) is 26.3. The molecule has 4 aliphatic rings. The number of benzene rings is 4. The zero-order valence-electron chi connectivity index (χ0n) is 77.0. The van der Waals surface area contributed by atoms with Gasteiger partial charge in [0.05, 0.1) is 138 Å². The lowest BCUT2D eigenvalue weighted by molar-refractivity contribution is 0.132. The van der Waals surface area contributed by atoms with Crippen LogP contribution in [0.15, 0.2) is 79.5 Å². The fraction of sp³-hybridized carbons (Fsp3) is 0.467. The summed E-state index contributed by atoms with van der Waals surface area (Å²) in [6.45, 7) is 27.1. The number of ether oxygens (including phenoxy) is 3. The number of hydrogen-bond donors (Lipinski definition) is 8. The molecule has 0 bridgehead atoms. The Kier molecular flexibility index (Phi) is 25.7. The molecule has 39 nitrogen and oxygen atoms in total. The highest BCUT2D eigenvalue weighted by molar-refractivity contribution is 5.98. The topological polar surface area (TPSA) is 469 Å². The van der Waals surface area contributed by atoms with Crippen molar-refractivity contribution >= 4 is 113 Å². The minimum Gasteiger partial charge on any atom is -0.494 e. The molecule has 12 N–H and O–H groups in total. The second-order valence-corrected chi connectivity index (χ2v) is 35.5. The molecule has 134 heavy (non-hydrogen) atoms. The van der Waals surface area contributed by atoms with Crippen LogP contribution in [0, 0.1) is 49.9 Å². The van der Waals surface area contributed by atoms with Crippen molar-refractivity contribution < 1.29 is 56.6 Å². The fourth-order valence-corrected chi connectivity index (χ4v) is 18.1. The van der Waals surface area contributed by atoms with Crippen molar-refractivity contribution in [1.29, 1.82) is 0 Å². The van der Waals surface area contributed by atoms with Crippen LogP contribution in [0.4, 0.5) is 68.5 Å². The van der Waals surface area contributed by atoms with Gasteiger partial charge in [-0.1, -0.05) is 0 Å². The summed E-state index contributed by atoms with van der Waals surface area (Å²) in [6, 6.07) is 9.70. The summed E-state index contributed by atoms with van der Waals surface area (Å²) in [4.78, 5) is 45.2. The van der Waals surface area contributed by atoms with E-state index in [-0.39, 0.29) is 93.9 Å². The van der Waals surface area contributed by atoms with Crippen LogP contribution in [0.25, 0.3) is 66.2 Å². The molecular formula is C90H111F5N32O7. The second-order valence-electron chi connectivity index (χ2n) is 35.5. The van der Waals surface area contributed by atoms with Gasteiger partial charge in [-0.15, -0.1) is 20.4 Å². The molecule has 4 aliphatic heterocycles. The third kappa shape index (κ3) is 17.9. The smallest absolute Gasteiger partial charge is 0.223 e. The van der Waals surface area contributed by atoms with Gasteiger partial charge in [0.1, 0.15) is 45.5 Å². The van der Waals surface area contributed by atoms with Crippen molar-refractivity contribution in [3.63, 3.8) is 0 Å². The number of aliphatic hydroxyl groups excluding tert-OH is 4. The van der Waals surface area contributed by atoms with Gasteiger partial charge in [0.2, 0.25) is 23.8 Å². The highest BCUT2D eigenvalue weighted by Crippen LogP contribution is 2.41. The molecule has 4 fully saturated rings. The van der Waals surface area contributed by atoms with E-state index in [1.807, 2.05) is 88.8 Å². The van der Waals surface area contributed by atoms with Crippen molar-refractivity contribution in [3.05, 3.63) is 149 Å². The Labute approximate surface area is 765 Å². The summed E-state index contributed by atoms with van der Waals surface area (Å²) < 4.78 is 99.7. The Balaban J connectivity index is 0.000000124. The largest absolute Gasteiger partial charge is 0.494 e. The molecule has 4 aromatic carbocycles. The molecular weight excluding hydrogens is 1740 g/mol. The molecule has 708 valence electrons. The average Bonchev–Trinajstić information content (AvgIpc) is 1.60. The summed E-state index contributed by atoms with van der Waals surface area (Å²) in [7, 11) is 4.34. The van der Waals surface area contributed by atoms with Crippen LogP contribution in [0.1, 0.15) is 195 Å². The maximum absolute atomic E-state index is 14.4. The number of aromatic nitrogens is 24. The number of rotatable bonds is 19. The van der Waals surface area contributed by atoms with E-state index in [0.29, 0.717) is 91.0 Å². The van der Waals surface area contributed by atoms with Gasteiger partial charge >= 0.3 is 0 Å². The van der Waals surface area contributed by atoms with E-state index in [1.54, 1.807) is 37.1 Å². The number of nitrogens with zero attached hydrogens (tertiary/aromatic N) is 28. The first-order valence-electron chi connectivity index (χ1n) is 44.9. The van der Waals surface area contributed by atoms with Crippen molar-refractivity contribution in [1.82, 2.24) is 117 Å². The van der Waals surface area contributed by atoms with Gasteiger partial charge in [-0.05, 0) is 152 Å². The molecule has 0 aliphatic carbocycles. The molecule has 0 amide bonds. The van der Waals surface area contributed by atoms with E-state index in [0.717, 1.165) is 143 Å². The van der Waals surface area contributed by atoms with E-state index in [4.69, 9.17) is 52.1 Å². The number of methoxy groups -OCH3 is 3. The summed E-state index contributed by atoms with van der Waals surface area (Å²) in [5.74, 6) is 1.10. The van der Waals surface area contributed by atoms with Crippen LogP contribution < -0.4 is 56.7 Å². The lowest BCUT2D eigenvalue weighted by Crippen LogP contribution is -2.35. The minimum absolute atomic E-state index is 0.00124. The van der Waals surface area contributed by atoms with Gasteiger partial charge in [-0.2, -0.15) is 38.5 Å². The second kappa shape index (κ2) is 37.4. The normalized spacial score (nSPS) is 18.6. The Morgan fingerprint density at radius 3 is 1.04 bits per heavy atom. The number of fused-ring (bicyclic) bond motifs is 12. The molecule has 12 aromatic heterocycles. The summed E-state index contributed by atoms with van der Waals surface area (Å²) in [5, 5.41) is 78.2. The van der Waals surface area contributed by atoms with Gasteiger partial charge < -0.3 is 77.2 Å². The van der Waals surface area contributed by atoms with Crippen LogP contribution in [0.2, 0.25) is 0 Å². The predicted molar refractivity (Wildman–Crippen MR) is 496 cm³/mol. The lowest BCUT2D eigenvalue weighted by Gasteiger charge is -2.32. The molecule has 16 aromatic rings. The van der Waals surface area contributed by atoms with Crippen molar-refractivity contribution in [2.45, 2.75) is 200 Å². The molecule has 20 rings (SSSR count). The van der Waals surface area contributed by atoms with E-state index in [1.165, 1.54) is 81.9 Å². The zero-order valence-corrected chi connectivity index (χ0v) is 77.0. The van der Waals surface area contributed by atoms with E-state index < -0.39 is 53.5 Å². The van der Waals surface area contributed by atoms with Crippen molar-refractivity contribution in [2.24, 2.45) is 0 Å². The summed E-state index contributed by atoms with van der Waals surface area (Å²) >= 11 is 0. The fourth-order valence-electron chi connectivity index (χ4n) is 18.1. The molecule has 0 radical (unpaired) electrons. The quantitative estimate of drug-likeness (QED) is 0.0349. The Bertz CT molecular complexity index is 6830. The summed E-state index contributed by atoms with van der Waals surface area (Å²) in [5.41, 5.74) is 34.4. The molecule has 0 saturated carbocycles. The Morgan fingerprint density at radius 1 is 0.351 bits per heavy atom. The zero-order chi connectivity index (χ0) is 95.0. The first-order valence-corrected chi connectivity index (χ1v) is 44.9. The van der Waals surface area contributed by atoms with Gasteiger partial charge in [0, 0.05) is 130 Å². The van der Waals surface area contributed by atoms with Crippen LogP contribution in [-0.2, 0) is 0 Å². The average molecular weight is 1850 g/mol. The lowest BCUT2D eigenvalue weighted by atomic mass is 9.97.